The van der Waals surface area contributed by atoms with Crippen molar-refractivity contribution in [2.45, 2.75) is 43.9 Å². The Morgan fingerprint density at radius 3 is 2.26 bits per heavy atom. The van der Waals surface area contributed by atoms with Gasteiger partial charge in [0.25, 0.3) is 5.91 Å². The molecule has 3 fully saturated rings. The van der Waals surface area contributed by atoms with Crippen molar-refractivity contribution < 1.29 is 19.1 Å². The van der Waals surface area contributed by atoms with Crippen LogP contribution < -0.4 is 15.4 Å². The molecule has 2 amide bonds. The molecule has 2 bridgehead atoms. The van der Waals surface area contributed by atoms with Gasteiger partial charge in [-0.25, -0.2) is 0 Å². The topological polar surface area (TPSA) is 76.7 Å². The number of benzene rings is 2. The minimum Gasteiger partial charge on any atom is -0.484 e. The lowest BCUT2D eigenvalue weighted by molar-refractivity contribution is -0.152. The highest BCUT2D eigenvalue weighted by molar-refractivity contribution is 6.42. The second-order valence-electron chi connectivity index (χ2n) is 8.53. The van der Waals surface area contributed by atoms with Gasteiger partial charge in [0.1, 0.15) is 12.4 Å². The maximum absolute atomic E-state index is 12.2. The molecule has 0 unspecified atom stereocenters. The van der Waals surface area contributed by atoms with Crippen LogP contribution in [0.5, 0.6) is 5.75 Å². The molecule has 8 heteroatoms. The van der Waals surface area contributed by atoms with Crippen molar-refractivity contribution >= 4 is 35.0 Å². The highest BCUT2D eigenvalue weighted by atomic mass is 35.5. The van der Waals surface area contributed by atoms with Crippen LogP contribution in [-0.2, 0) is 20.9 Å². The van der Waals surface area contributed by atoms with E-state index in [-0.39, 0.29) is 36.1 Å². The van der Waals surface area contributed by atoms with Gasteiger partial charge in [-0.15, -0.1) is 0 Å². The molecule has 2 aromatic carbocycles. The van der Waals surface area contributed by atoms with Gasteiger partial charge in [-0.3, -0.25) is 9.59 Å². The van der Waals surface area contributed by atoms with E-state index in [1.807, 2.05) is 31.2 Å². The maximum Gasteiger partial charge on any atom is 0.258 e. The quantitative estimate of drug-likeness (QED) is 0.593. The summed E-state index contributed by atoms with van der Waals surface area (Å²) in [6.45, 7) is 2.34. The summed E-state index contributed by atoms with van der Waals surface area (Å²) in [6, 6.07) is 12.9. The third-order valence-corrected chi connectivity index (χ3v) is 6.42. The number of ether oxygens (including phenoxy) is 2. The van der Waals surface area contributed by atoms with Gasteiger partial charge < -0.3 is 20.1 Å². The van der Waals surface area contributed by atoms with Crippen LogP contribution in [-0.4, -0.2) is 36.1 Å². The van der Waals surface area contributed by atoms with Crippen LogP contribution in [0, 0.1) is 6.92 Å². The van der Waals surface area contributed by atoms with Crippen molar-refractivity contribution in [3.63, 3.8) is 0 Å². The number of rotatable bonds is 9. The van der Waals surface area contributed by atoms with Gasteiger partial charge in [0, 0.05) is 17.1 Å². The number of hydrogen-bond acceptors (Lipinski definition) is 4. The van der Waals surface area contributed by atoms with Gasteiger partial charge in [-0.2, -0.15) is 0 Å². The summed E-state index contributed by atoms with van der Waals surface area (Å²) in [4.78, 5) is 24.4. The molecule has 3 aliphatic carbocycles. The Morgan fingerprint density at radius 2 is 1.61 bits per heavy atom. The first-order valence-corrected chi connectivity index (χ1v) is 10.9. The minimum absolute atomic E-state index is 0.0204. The smallest absolute Gasteiger partial charge is 0.258 e. The van der Waals surface area contributed by atoms with Crippen LogP contribution in [0.25, 0.3) is 0 Å². The number of nitrogens with one attached hydrogen (secondary N) is 2. The lowest BCUT2D eigenvalue weighted by atomic mass is 9.44. The zero-order valence-corrected chi connectivity index (χ0v) is 18.7. The van der Waals surface area contributed by atoms with Crippen molar-refractivity contribution in [3.05, 3.63) is 63.6 Å². The standard InChI is InChI=1S/C23H24Cl2N2O4/c1-15-3-2-4-16(7-15)9-30-10-20(28)26-22-12-23(13-22,14-22)27-21(29)11-31-17-5-6-18(24)19(25)8-17/h2-8H,9-14H2,1H3,(H,26,28)(H,27,29). The Kier molecular flexibility index (Phi) is 6.15. The lowest BCUT2D eigenvalue weighted by Crippen LogP contribution is -2.84. The molecule has 31 heavy (non-hydrogen) atoms. The van der Waals surface area contributed by atoms with Gasteiger partial charge in [-0.1, -0.05) is 53.0 Å². The molecule has 0 aromatic heterocycles. The van der Waals surface area contributed by atoms with Gasteiger partial charge in [-0.05, 0) is 43.9 Å². The van der Waals surface area contributed by atoms with Crippen molar-refractivity contribution in [3.8, 4) is 5.75 Å². The molecule has 0 radical (unpaired) electrons. The number of aryl methyl sites for hydroxylation is 1. The predicted molar refractivity (Wildman–Crippen MR) is 118 cm³/mol. The fraction of sp³-hybridized carbons (Fsp3) is 0.391. The SMILES string of the molecule is Cc1cccc(COCC(=O)NC23CC(NC(=O)COc4ccc(Cl)c(Cl)c4)(C2)C3)c1. The maximum atomic E-state index is 12.2. The van der Waals surface area contributed by atoms with E-state index in [1.165, 1.54) is 0 Å². The highest BCUT2D eigenvalue weighted by Gasteiger charge is 2.69. The van der Waals surface area contributed by atoms with Gasteiger partial charge in [0.05, 0.1) is 16.7 Å². The predicted octanol–water partition coefficient (Wildman–Crippen LogP) is 3.80. The van der Waals surface area contributed by atoms with Gasteiger partial charge in [0.2, 0.25) is 5.91 Å². The Bertz CT molecular complexity index is 991. The zero-order valence-electron chi connectivity index (χ0n) is 17.2. The van der Waals surface area contributed by atoms with E-state index < -0.39 is 0 Å². The Balaban J connectivity index is 1.14. The summed E-state index contributed by atoms with van der Waals surface area (Å²) in [5, 5.41) is 6.87. The molecule has 3 saturated carbocycles. The Morgan fingerprint density at radius 1 is 0.935 bits per heavy atom. The molecule has 0 saturated heterocycles. The first-order chi connectivity index (χ1) is 14.8. The lowest BCUT2D eigenvalue weighted by Gasteiger charge is -2.70. The molecule has 164 valence electrons. The normalized spacial score (nSPS) is 23.3. The molecule has 2 N–H and O–H groups in total. The monoisotopic (exact) mass is 462 g/mol. The molecule has 6 nitrogen and oxygen atoms in total. The first kappa shape index (κ1) is 21.9. The van der Waals surface area contributed by atoms with E-state index >= 15 is 0 Å². The molecular weight excluding hydrogens is 439 g/mol. The summed E-state index contributed by atoms with van der Waals surface area (Å²) >= 11 is 11.8. The summed E-state index contributed by atoms with van der Waals surface area (Å²) in [7, 11) is 0. The highest BCUT2D eigenvalue weighted by Crippen LogP contribution is 2.60. The number of carbonyl (C=O) groups is 2. The van der Waals surface area contributed by atoms with Crippen LogP contribution in [0.3, 0.4) is 0 Å². The average molecular weight is 463 g/mol. The van der Waals surface area contributed by atoms with Crippen molar-refractivity contribution in [2.75, 3.05) is 13.2 Å². The summed E-state index contributed by atoms with van der Waals surface area (Å²) in [6.07, 6.45) is 2.17. The number of hydrogen-bond donors (Lipinski definition) is 2. The zero-order chi connectivity index (χ0) is 22.1. The molecule has 0 aliphatic heterocycles. The Hall–Kier alpha value is -2.28. The van der Waals surface area contributed by atoms with E-state index in [0.29, 0.717) is 22.4 Å². The first-order valence-electron chi connectivity index (χ1n) is 10.1. The van der Waals surface area contributed by atoms with E-state index in [9.17, 15) is 9.59 Å². The second-order valence-corrected chi connectivity index (χ2v) is 9.35. The van der Waals surface area contributed by atoms with E-state index in [0.717, 1.165) is 30.4 Å². The van der Waals surface area contributed by atoms with Gasteiger partial charge >= 0.3 is 0 Å². The summed E-state index contributed by atoms with van der Waals surface area (Å²) < 4.78 is 11.0. The van der Waals surface area contributed by atoms with Crippen LogP contribution in [0.15, 0.2) is 42.5 Å². The van der Waals surface area contributed by atoms with E-state index in [4.69, 9.17) is 32.7 Å². The molecule has 5 rings (SSSR count). The molecule has 0 heterocycles. The minimum atomic E-state index is -0.242. The largest absolute Gasteiger partial charge is 0.484 e. The van der Waals surface area contributed by atoms with E-state index in [2.05, 4.69) is 10.6 Å². The van der Waals surface area contributed by atoms with Gasteiger partial charge in [0.15, 0.2) is 6.61 Å². The second kappa shape index (κ2) is 8.69. The molecule has 3 aliphatic rings. The third kappa shape index (κ3) is 5.14. The van der Waals surface area contributed by atoms with Crippen LogP contribution in [0.2, 0.25) is 10.0 Å². The summed E-state index contributed by atoms with van der Waals surface area (Å²) in [5.74, 6) is 0.152. The van der Waals surface area contributed by atoms with E-state index in [1.54, 1.807) is 18.2 Å². The Labute approximate surface area is 191 Å². The molecule has 0 atom stereocenters. The molecule has 2 aromatic rings. The molecular formula is C23H24Cl2N2O4. The number of carbonyl (C=O) groups excluding carboxylic acids is 2. The molecule has 0 spiro atoms. The van der Waals surface area contributed by atoms with Crippen LogP contribution in [0.4, 0.5) is 0 Å². The van der Waals surface area contributed by atoms with Crippen molar-refractivity contribution in [1.29, 1.82) is 0 Å². The fourth-order valence-corrected chi connectivity index (χ4v) is 4.78. The average Bonchev–Trinajstić information content (AvgIpc) is 2.66. The van der Waals surface area contributed by atoms with Crippen LogP contribution in [0.1, 0.15) is 30.4 Å². The number of halogens is 2. The van der Waals surface area contributed by atoms with Crippen molar-refractivity contribution in [1.82, 2.24) is 10.6 Å². The van der Waals surface area contributed by atoms with Crippen molar-refractivity contribution in [2.24, 2.45) is 0 Å². The number of amides is 2. The summed E-state index contributed by atoms with van der Waals surface area (Å²) in [5.41, 5.74) is 1.74. The fourth-order valence-electron chi connectivity index (χ4n) is 4.50. The third-order valence-electron chi connectivity index (χ3n) is 5.68. The van der Waals surface area contributed by atoms with Crippen LogP contribution >= 0.6 is 23.2 Å².